The van der Waals surface area contributed by atoms with Crippen LogP contribution in [0.3, 0.4) is 0 Å². The zero-order chi connectivity index (χ0) is 26.9. The number of hydrogen-bond acceptors (Lipinski definition) is 8. The van der Waals surface area contributed by atoms with E-state index in [1.54, 1.807) is 27.7 Å². The summed E-state index contributed by atoms with van der Waals surface area (Å²) in [5.74, 6) is -2.31. The third-order valence-corrected chi connectivity index (χ3v) is 5.30. The van der Waals surface area contributed by atoms with E-state index in [1.807, 2.05) is 0 Å². The summed E-state index contributed by atoms with van der Waals surface area (Å²) in [5.41, 5.74) is -5.88. The molecule has 2 atom stereocenters. The molecular weight excluding hydrogens is 495 g/mol. The first-order valence-corrected chi connectivity index (χ1v) is 11.2. The van der Waals surface area contributed by atoms with Gasteiger partial charge in [0.1, 0.15) is 5.60 Å². The third kappa shape index (κ3) is 6.20. The van der Waals surface area contributed by atoms with Gasteiger partial charge in [-0.15, -0.1) is 10.2 Å². The first-order chi connectivity index (χ1) is 16.6. The number of rotatable bonds is 2. The van der Waals surface area contributed by atoms with Gasteiger partial charge in [-0.2, -0.15) is 13.2 Å². The minimum atomic E-state index is -5.14. The Hall–Kier alpha value is -3.03. The Morgan fingerprint density at radius 1 is 1.22 bits per heavy atom. The number of nitrogens with zero attached hydrogens (tertiary/aromatic N) is 3. The molecule has 0 aromatic carbocycles. The van der Waals surface area contributed by atoms with Crippen molar-refractivity contribution in [2.45, 2.75) is 89.7 Å². The Labute approximate surface area is 203 Å². The number of hydrogen-bond donors (Lipinski definition) is 2. The van der Waals surface area contributed by atoms with Gasteiger partial charge in [-0.05, 0) is 59.4 Å². The highest BCUT2D eigenvalue weighted by atomic mass is 19.4. The van der Waals surface area contributed by atoms with Crippen molar-refractivity contribution in [2.75, 3.05) is 5.32 Å². The summed E-state index contributed by atoms with van der Waals surface area (Å²) in [6, 6.07) is 0.852. The summed E-state index contributed by atoms with van der Waals surface area (Å²) in [7, 11) is 0. The molecule has 1 unspecified atom stereocenters. The van der Waals surface area contributed by atoms with E-state index in [1.165, 1.54) is 0 Å². The topological polar surface area (TPSA) is 120 Å². The zero-order valence-electron chi connectivity index (χ0n) is 20.1. The average Bonchev–Trinajstić information content (AvgIpc) is 3.21. The molecule has 0 spiro atoms. The van der Waals surface area contributed by atoms with Gasteiger partial charge in [0.15, 0.2) is 5.69 Å². The molecule has 1 amide bonds. The van der Waals surface area contributed by atoms with E-state index >= 15 is 0 Å². The number of carbonyl (C=O) groups is 1. The van der Waals surface area contributed by atoms with Crippen molar-refractivity contribution in [3.63, 3.8) is 0 Å². The van der Waals surface area contributed by atoms with Crippen molar-refractivity contribution in [3.05, 3.63) is 17.5 Å². The van der Waals surface area contributed by atoms with E-state index in [9.17, 15) is 31.9 Å². The Morgan fingerprint density at radius 3 is 2.53 bits per heavy atom. The van der Waals surface area contributed by atoms with Gasteiger partial charge in [-0.25, -0.2) is 18.6 Å². The van der Waals surface area contributed by atoms with E-state index in [2.05, 4.69) is 20.5 Å². The van der Waals surface area contributed by atoms with Crippen LogP contribution in [0.1, 0.15) is 77.7 Å². The van der Waals surface area contributed by atoms with Crippen molar-refractivity contribution in [2.24, 2.45) is 0 Å². The lowest BCUT2D eigenvalue weighted by Gasteiger charge is -2.27. The van der Waals surface area contributed by atoms with Crippen LogP contribution in [0, 0.1) is 0 Å². The molecule has 1 aliphatic rings. The fraction of sp³-hybridized carbons (Fsp3) is 0.636. The summed E-state index contributed by atoms with van der Waals surface area (Å²) in [6.45, 7) is 6.31. The Morgan fingerprint density at radius 2 is 1.92 bits per heavy atom. The Kier molecular flexibility index (Phi) is 7.77. The van der Waals surface area contributed by atoms with Gasteiger partial charge < -0.3 is 19.0 Å². The van der Waals surface area contributed by atoms with Crippen LogP contribution in [0.2, 0.25) is 0 Å². The van der Waals surface area contributed by atoms with Crippen molar-refractivity contribution in [1.29, 1.82) is 0 Å². The fourth-order valence-corrected chi connectivity index (χ4v) is 3.53. The maximum atomic E-state index is 13.9. The number of halogens is 5. The first-order valence-electron chi connectivity index (χ1n) is 11.2. The molecule has 4 bridgehead atoms. The summed E-state index contributed by atoms with van der Waals surface area (Å²) in [4.78, 5) is 16.4. The highest BCUT2D eigenvalue weighted by Crippen LogP contribution is 2.44. The van der Waals surface area contributed by atoms with E-state index < -0.39 is 77.0 Å². The molecular formula is C22H27F5N4O5. The average molecular weight is 522 g/mol. The molecule has 0 radical (unpaired) electrons. The molecule has 3 heterocycles. The number of anilines is 1. The second-order valence-corrected chi connectivity index (χ2v) is 9.50. The molecule has 3 rings (SSSR count). The zero-order valence-corrected chi connectivity index (χ0v) is 20.1. The molecule has 2 aromatic heterocycles. The number of fused-ring (bicyclic) bond motifs is 5. The smallest absolute Gasteiger partial charge is 0.426 e. The van der Waals surface area contributed by atoms with Gasteiger partial charge in [-0.3, -0.25) is 5.32 Å². The van der Waals surface area contributed by atoms with Gasteiger partial charge >= 0.3 is 12.3 Å². The Bertz CT molecular complexity index is 1090. The highest BCUT2D eigenvalue weighted by Gasteiger charge is 2.58. The van der Waals surface area contributed by atoms with E-state index in [0.717, 1.165) is 6.07 Å². The molecule has 2 aromatic rings. The molecule has 14 heteroatoms. The maximum Gasteiger partial charge on any atom is 0.426 e. The molecule has 1 aliphatic heterocycles. The summed E-state index contributed by atoms with van der Waals surface area (Å²) >= 11 is 0. The number of alkyl halides is 5. The van der Waals surface area contributed by atoms with Crippen LogP contribution in [0.5, 0.6) is 5.88 Å². The van der Waals surface area contributed by atoms with Crippen LogP contribution in [-0.2, 0) is 10.3 Å². The lowest BCUT2D eigenvalue weighted by Crippen LogP contribution is -2.42. The van der Waals surface area contributed by atoms with E-state index in [4.69, 9.17) is 13.9 Å². The van der Waals surface area contributed by atoms with Crippen molar-refractivity contribution >= 4 is 11.8 Å². The summed E-state index contributed by atoms with van der Waals surface area (Å²) in [5, 5.41) is 19.7. The number of ether oxygens (including phenoxy) is 2. The van der Waals surface area contributed by atoms with Crippen molar-refractivity contribution in [1.82, 2.24) is 15.2 Å². The second kappa shape index (κ2) is 10.1. The molecule has 0 fully saturated rings. The number of nitrogens with one attached hydrogen (secondary N) is 1. The molecule has 9 nitrogen and oxygen atoms in total. The number of pyridine rings is 1. The SMILES string of the molecule is C[C@@H]1CCCCCC(O)(C(F)(F)F)c2nnc(o2)-c2nc(c(C(F)F)cc2NC(=O)OC(C)(C)C)O1. The number of aromatic nitrogens is 3. The van der Waals surface area contributed by atoms with Crippen LogP contribution in [0.25, 0.3) is 11.6 Å². The van der Waals surface area contributed by atoms with E-state index in [0.29, 0.717) is 19.3 Å². The predicted molar refractivity (Wildman–Crippen MR) is 115 cm³/mol. The number of amides is 1. The predicted octanol–water partition coefficient (Wildman–Crippen LogP) is 5.90. The van der Waals surface area contributed by atoms with Gasteiger partial charge in [-0.1, -0.05) is 6.42 Å². The van der Waals surface area contributed by atoms with Crippen LogP contribution >= 0.6 is 0 Å². The number of aliphatic hydroxyl groups is 1. The van der Waals surface area contributed by atoms with Crippen LogP contribution in [-0.4, -0.2) is 44.3 Å². The highest BCUT2D eigenvalue weighted by molar-refractivity contribution is 5.89. The van der Waals surface area contributed by atoms with Crippen molar-refractivity contribution in [3.8, 4) is 17.5 Å². The van der Waals surface area contributed by atoms with Crippen molar-refractivity contribution < 1.29 is 45.7 Å². The molecule has 0 aliphatic carbocycles. The monoisotopic (exact) mass is 522 g/mol. The minimum Gasteiger partial charge on any atom is -0.474 e. The number of carbonyl (C=O) groups excluding carboxylic acids is 1. The van der Waals surface area contributed by atoms with Gasteiger partial charge in [0.05, 0.1) is 17.4 Å². The molecule has 0 saturated carbocycles. The van der Waals surface area contributed by atoms with Crippen LogP contribution in [0.4, 0.5) is 32.4 Å². The van der Waals surface area contributed by atoms with Gasteiger partial charge in [0.25, 0.3) is 18.2 Å². The fourth-order valence-electron chi connectivity index (χ4n) is 3.53. The van der Waals surface area contributed by atoms with E-state index in [-0.39, 0.29) is 6.42 Å². The molecule has 200 valence electrons. The van der Waals surface area contributed by atoms with Crippen LogP contribution < -0.4 is 10.1 Å². The molecule has 0 saturated heterocycles. The first kappa shape index (κ1) is 27.6. The van der Waals surface area contributed by atoms with Gasteiger partial charge in [0.2, 0.25) is 11.5 Å². The minimum absolute atomic E-state index is 0.0300. The van der Waals surface area contributed by atoms with Gasteiger partial charge in [0, 0.05) is 0 Å². The summed E-state index contributed by atoms with van der Waals surface area (Å²) in [6.07, 6.45) is -9.60. The Balaban J connectivity index is 2.19. The van der Waals surface area contributed by atoms with Crippen LogP contribution in [0.15, 0.2) is 10.5 Å². The quantitative estimate of drug-likeness (QED) is 0.468. The largest absolute Gasteiger partial charge is 0.474 e. The summed E-state index contributed by atoms with van der Waals surface area (Å²) < 4.78 is 85.2. The standard InChI is InChI=1S/C22H27F5N4O5/c1-11-8-6-5-7-9-21(33,22(25,26)27)18-31-30-17(35-18)14-13(28-19(32)36-20(2,3)4)10-12(15(23)24)16(29-14)34-11/h10-11,15,33H,5-9H2,1-4H3,(H,28,32)/t11-,21?/m1/s1. The molecule has 2 N–H and O–H groups in total. The lowest BCUT2D eigenvalue weighted by molar-refractivity contribution is -0.277. The lowest BCUT2D eigenvalue weighted by atomic mass is 9.94. The second-order valence-electron chi connectivity index (χ2n) is 9.50. The molecule has 36 heavy (non-hydrogen) atoms. The third-order valence-electron chi connectivity index (χ3n) is 5.30. The normalized spacial score (nSPS) is 21.5. The maximum absolute atomic E-state index is 13.9.